The first-order valence-corrected chi connectivity index (χ1v) is 6.72. The number of carbonyl (C=O) groups is 2. The molecule has 0 unspecified atom stereocenters. The molecule has 6 heteroatoms. The van der Waals surface area contributed by atoms with Crippen molar-refractivity contribution in [1.29, 1.82) is 0 Å². The molecule has 0 aromatic heterocycles. The van der Waals surface area contributed by atoms with Crippen LogP contribution in [0.2, 0.25) is 10.0 Å². The highest BCUT2D eigenvalue weighted by Crippen LogP contribution is 2.21. The van der Waals surface area contributed by atoms with Gasteiger partial charge in [-0.25, -0.2) is 0 Å². The predicted octanol–water partition coefficient (Wildman–Crippen LogP) is 2.23. The van der Waals surface area contributed by atoms with Crippen LogP contribution in [0.15, 0.2) is 18.2 Å². The molecule has 19 heavy (non-hydrogen) atoms. The van der Waals surface area contributed by atoms with Gasteiger partial charge in [0.15, 0.2) is 0 Å². The van der Waals surface area contributed by atoms with E-state index in [0.29, 0.717) is 29.4 Å². The molecule has 0 radical (unpaired) electrons. The summed E-state index contributed by atoms with van der Waals surface area (Å²) >= 11 is 11.8. The number of benzene rings is 1. The number of nitrogens with zero attached hydrogens (tertiary/aromatic N) is 1. The van der Waals surface area contributed by atoms with Crippen LogP contribution in [0.4, 0.5) is 0 Å². The molecule has 1 fully saturated rings. The Kier molecular flexibility index (Phi) is 4.32. The van der Waals surface area contributed by atoms with Crippen molar-refractivity contribution in [2.45, 2.75) is 25.4 Å². The van der Waals surface area contributed by atoms with E-state index in [-0.39, 0.29) is 17.9 Å². The molecular formula is C13H14Cl2N2O2. The molecule has 1 heterocycles. The maximum absolute atomic E-state index is 12.0. The van der Waals surface area contributed by atoms with E-state index in [0.717, 1.165) is 5.56 Å². The number of halogens is 2. The standard InChI is InChI=1S/C13H14Cl2N2O2/c1-17-11(4-5-12(17)18)13(19)16-7-8-2-3-9(14)6-10(8)15/h2-3,6,11H,4-5,7H2,1H3,(H,16,19)/t11-/m1/s1. The van der Waals surface area contributed by atoms with Gasteiger partial charge in [-0.05, 0) is 24.1 Å². The molecule has 2 amide bonds. The van der Waals surface area contributed by atoms with Crippen molar-refractivity contribution < 1.29 is 9.59 Å². The normalized spacial score (nSPS) is 18.8. The summed E-state index contributed by atoms with van der Waals surface area (Å²) in [7, 11) is 1.65. The van der Waals surface area contributed by atoms with Gasteiger partial charge in [0.1, 0.15) is 6.04 Å². The largest absolute Gasteiger partial charge is 0.350 e. The van der Waals surface area contributed by atoms with Crippen LogP contribution in [0, 0.1) is 0 Å². The zero-order valence-electron chi connectivity index (χ0n) is 10.5. The summed E-state index contributed by atoms with van der Waals surface area (Å²) in [6.45, 7) is 0.327. The molecule has 0 spiro atoms. The molecule has 1 N–H and O–H groups in total. The second-order valence-electron chi connectivity index (χ2n) is 4.51. The van der Waals surface area contributed by atoms with Crippen molar-refractivity contribution in [2.75, 3.05) is 7.05 Å². The molecule has 4 nitrogen and oxygen atoms in total. The van der Waals surface area contributed by atoms with Crippen LogP contribution < -0.4 is 5.32 Å². The smallest absolute Gasteiger partial charge is 0.243 e. The van der Waals surface area contributed by atoms with E-state index in [9.17, 15) is 9.59 Å². The van der Waals surface area contributed by atoms with Gasteiger partial charge in [0, 0.05) is 30.1 Å². The molecule has 0 bridgehead atoms. The summed E-state index contributed by atoms with van der Waals surface area (Å²) in [5, 5.41) is 3.87. The fourth-order valence-electron chi connectivity index (χ4n) is 2.08. The topological polar surface area (TPSA) is 49.4 Å². The third kappa shape index (κ3) is 3.19. The third-order valence-electron chi connectivity index (χ3n) is 3.26. The second-order valence-corrected chi connectivity index (χ2v) is 5.36. The molecule has 102 valence electrons. The number of hydrogen-bond donors (Lipinski definition) is 1. The van der Waals surface area contributed by atoms with Gasteiger partial charge in [0.05, 0.1) is 0 Å². The molecule has 1 aliphatic rings. The summed E-state index contributed by atoms with van der Waals surface area (Å²) in [4.78, 5) is 24.8. The van der Waals surface area contributed by atoms with Crippen molar-refractivity contribution in [3.05, 3.63) is 33.8 Å². The van der Waals surface area contributed by atoms with Crippen molar-refractivity contribution in [1.82, 2.24) is 10.2 Å². The maximum atomic E-state index is 12.0. The number of likely N-dealkylation sites (N-methyl/N-ethyl adjacent to an activating group) is 1. The molecular weight excluding hydrogens is 287 g/mol. The zero-order valence-corrected chi connectivity index (χ0v) is 12.0. The molecule has 2 rings (SSSR count). The molecule has 1 aliphatic heterocycles. The van der Waals surface area contributed by atoms with E-state index in [1.807, 2.05) is 0 Å². The Morgan fingerprint density at radius 3 is 2.79 bits per heavy atom. The van der Waals surface area contributed by atoms with Gasteiger partial charge < -0.3 is 10.2 Å². The van der Waals surface area contributed by atoms with E-state index in [1.54, 1.807) is 25.2 Å². The van der Waals surface area contributed by atoms with Gasteiger partial charge >= 0.3 is 0 Å². The number of nitrogens with one attached hydrogen (secondary N) is 1. The monoisotopic (exact) mass is 300 g/mol. The molecule has 1 atom stereocenters. The molecule has 1 aromatic carbocycles. The van der Waals surface area contributed by atoms with E-state index < -0.39 is 0 Å². The van der Waals surface area contributed by atoms with Crippen molar-refractivity contribution in [3.8, 4) is 0 Å². The average molecular weight is 301 g/mol. The zero-order chi connectivity index (χ0) is 14.0. The van der Waals surface area contributed by atoms with Gasteiger partial charge in [-0.15, -0.1) is 0 Å². The fourth-order valence-corrected chi connectivity index (χ4v) is 2.55. The van der Waals surface area contributed by atoms with Gasteiger partial charge in [-0.2, -0.15) is 0 Å². The minimum Gasteiger partial charge on any atom is -0.350 e. The SMILES string of the molecule is CN1C(=O)CC[C@@H]1C(=O)NCc1ccc(Cl)cc1Cl. The molecule has 0 aliphatic carbocycles. The lowest BCUT2D eigenvalue weighted by molar-refractivity contribution is -0.133. The Hall–Kier alpha value is -1.26. The van der Waals surface area contributed by atoms with Crippen molar-refractivity contribution in [2.24, 2.45) is 0 Å². The minimum absolute atomic E-state index is 0.00433. The van der Waals surface area contributed by atoms with Crippen LogP contribution in [0.1, 0.15) is 18.4 Å². The maximum Gasteiger partial charge on any atom is 0.243 e. The van der Waals surface area contributed by atoms with E-state index in [1.165, 1.54) is 4.90 Å². The summed E-state index contributed by atoms with van der Waals surface area (Å²) in [6, 6.07) is 4.75. The Morgan fingerprint density at radius 1 is 1.47 bits per heavy atom. The number of carbonyl (C=O) groups excluding carboxylic acids is 2. The summed E-state index contributed by atoms with van der Waals surface area (Å²) in [5.41, 5.74) is 0.798. The van der Waals surface area contributed by atoms with Crippen LogP contribution in [-0.2, 0) is 16.1 Å². The molecule has 1 saturated heterocycles. The Labute approximate surface area is 121 Å². The lowest BCUT2D eigenvalue weighted by atomic mass is 10.2. The van der Waals surface area contributed by atoms with Crippen molar-refractivity contribution >= 4 is 35.0 Å². The number of amides is 2. The van der Waals surface area contributed by atoms with Gasteiger partial charge in [0.25, 0.3) is 0 Å². The highest BCUT2D eigenvalue weighted by molar-refractivity contribution is 6.35. The summed E-state index contributed by atoms with van der Waals surface area (Å²) in [6.07, 6.45) is 0.992. The molecule has 0 saturated carbocycles. The molecule has 1 aromatic rings. The van der Waals surface area contributed by atoms with E-state index in [2.05, 4.69) is 5.32 Å². The Morgan fingerprint density at radius 2 is 2.21 bits per heavy atom. The fraction of sp³-hybridized carbons (Fsp3) is 0.385. The van der Waals surface area contributed by atoms with E-state index >= 15 is 0 Å². The third-order valence-corrected chi connectivity index (χ3v) is 3.85. The minimum atomic E-state index is -0.376. The van der Waals surface area contributed by atoms with Gasteiger partial charge in [-0.3, -0.25) is 9.59 Å². The Balaban J connectivity index is 1.95. The number of likely N-dealkylation sites (tertiary alicyclic amines) is 1. The van der Waals surface area contributed by atoms with Crippen LogP contribution in [0.25, 0.3) is 0 Å². The highest BCUT2D eigenvalue weighted by Gasteiger charge is 2.32. The number of rotatable bonds is 3. The number of hydrogen-bond acceptors (Lipinski definition) is 2. The van der Waals surface area contributed by atoms with Crippen LogP contribution in [-0.4, -0.2) is 29.8 Å². The second kappa shape index (κ2) is 5.80. The van der Waals surface area contributed by atoms with Crippen LogP contribution in [0.5, 0.6) is 0 Å². The summed E-state index contributed by atoms with van der Waals surface area (Å²) < 4.78 is 0. The first kappa shape index (κ1) is 14.2. The summed E-state index contributed by atoms with van der Waals surface area (Å²) in [5.74, 6) is -0.149. The first-order chi connectivity index (χ1) is 8.99. The predicted molar refractivity (Wildman–Crippen MR) is 74.1 cm³/mol. The van der Waals surface area contributed by atoms with Crippen LogP contribution >= 0.6 is 23.2 Å². The van der Waals surface area contributed by atoms with Gasteiger partial charge in [-0.1, -0.05) is 29.3 Å². The Bertz CT molecular complexity index is 519. The highest BCUT2D eigenvalue weighted by atomic mass is 35.5. The van der Waals surface area contributed by atoms with Gasteiger partial charge in [0.2, 0.25) is 11.8 Å². The lowest BCUT2D eigenvalue weighted by Gasteiger charge is -2.19. The van der Waals surface area contributed by atoms with Crippen LogP contribution in [0.3, 0.4) is 0 Å². The average Bonchev–Trinajstić information content (AvgIpc) is 2.69. The first-order valence-electron chi connectivity index (χ1n) is 5.96. The lowest BCUT2D eigenvalue weighted by Crippen LogP contribution is -2.42. The quantitative estimate of drug-likeness (QED) is 0.930. The van der Waals surface area contributed by atoms with Crippen molar-refractivity contribution in [3.63, 3.8) is 0 Å². The van der Waals surface area contributed by atoms with E-state index in [4.69, 9.17) is 23.2 Å².